The van der Waals surface area contributed by atoms with E-state index in [1.165, 1.54) is 24.3 Å². The van der Waals surface area contributed by atoms with E-state index in [0.717, 1.165) is 13.5 Å². The van der Waals surface area contributed by atoms with Crippen molar-refractivity contribution in [2.45, 2.75) is 19.7 Å². The van der Waals surface area contributed by atoms with Crippen LogP contribution in [0.2, 0.25) is 0 Å². The average Bonchev–Trinajstić information content (AvgIpc) is 2.65. The summed E-state index contributed by atoms with van der Waals surface area (Å²) in [6.07, 6.45) is -4.04. The molecule has 0 aromatic heterocycles. The van der Waals surface area contributed by atoms with Crippen molar-refractivity contribution >= 4 is 17.6 Å². The molecule has 150 valence electrons. The molecule has 0 aliphatic heterocycles. The number of benzene rings is 2. The number of halogens is 3. The number of carbonyl (C=O) groups is 2. The lowest BCUT2D eigenvalue weighted by atomic mass is 10.0. The Balaban J connectivity index is 2.30. The molecule has 0 atom stereocenters. The zero-order chi connectivity index (χ0) is 20.7. The van der Waals surface area contributed by atoms with E-state index < -0.39 is 18.2 Å². The molecule has 0 heterocycles. The molecular formula is C19H18F3NO5. The first kappa shape index (κ1) is 21.1. The quantitative estimate of drug-likeness (QED) is 0.586. The maximum absolute atomic E-state index is 12.3. The number of alkyl halides is 3. The summed E-state index contributed by atoms with van der Waals surface area (Å²) >= 11 is 0. The van der Waals surface area contributed by atoms with Crippen molar-refractivity contribution in [3.05, 3.63) is 42.5 Å². The highest BCUT2D eigenvalue weighted by Gasteiger charge is 2.31. The Kier molecular flexibility index (Phi) is 6.86. The van der Waals surface area contributed by atoms with Crippen LogP contribution >= 0.6 is 0 Å². The number of anilines is 1. The van der Waals surface area contributed by atoms with E-state index in [1.54, 1.807) is 18.2 Å². The Bertz CT molecular complexity index is 834. The smallest absolute Gasteiger partial charge is 0.491 e. The molecule has 2 aromatic carbocycles. The maximum Gasteiger partial charge on any atom is 0.573 e. The third-order valence-corrected chi connectivity index (χ3v) is 3.48. The van der Waals surface area contributed by atoms with Gasteiger partial charge in [0.15, 0.2) is 0 Å². The molecular weight excluding hydrogens is 379 g/mol. The van der Waals surface area contributed by atoms with E-state index in [4.69, 9.17) is 4.74 Å². The molecule has 28 heavy (non-hydrogen) atoms. The van der Waals surface area contributed by atoms with Gasteiger partial charge < -0.3 is 19.5 Å². The third-order valence-electron chi connectivity index (χ3n) is 3.48. The number of hydrogen-bond donors (Lipinski definition) is 1. The zero-order valence-corrected chi connectivity index (χ0v) is 15.1. The lowest BCUT2D eigenvalue weighted by molar-refractivity contribution is -0.274. The second-order valence-electron chi connectivity index (χ2n) is 5.58. The summed E-state index contributed by atoms with van der Waals surface area (Å²) < 4.78 is 50.6. The highest BCUT2D eigenvalue weighted by molar-refractivity contribution is 6.37. The van der Waals surface area contributed by atoms with Gasteiger partial charge >= 0.3 is 18.2 Å². The number of amides is 1. The highest BCUT2D eigenvalue weighted by atomic mass is 19.4. The Morgan fingerprint density at radius 2 is 1.68 bits per heavy atom. The van der Waals surface area contributed by atoms with Gasteiger partial charge in [-0.3, -0.25) is 4.79 Å². The average molecular weight is 397 g/mol. The van der Waals surface area contributed by atoms with Gasteiger partial charge in [0.2, 0.25) is 0 Å². The van der Waals surface area contributed by atoms with Crippen LogP contribution in [0.5, 0.6) is 11.5 Å². The minimum absolute atomic E-state index is 0.233. The largest absolute Gasteiger partial charge is 0.573 e. The van der Waals surface area contributed by atoms with Gasteiger partial charge in [-0.1, -0.05) is 25.1 Å². The number of nitrogens with one attached hydrogen (secondary N) is 1. The SMILES string of the molecule is CCCOc1ccc(-c2ccc(OC(F)(F)F)cc2)cc1NC(=O)C(=O)OC. The van der Waals surface area contributed by atoms with E-state index in [9.17, 15) is 22.8 Å². The zero-order valence-electron chi connectivity index (χ0n) is 15.1. The van der Waals surface area contributed by atoms with Crippen molar-refractivity contribution < 1.29 is 37.0 Å². The first-order valence-corrected chi connectivity index (χ1v) is 8.26. The van der Waals surface area contributed by atoms with Crippen molar-refractivity contribution in [2.24, 2.45) is 0 Å². The van der Waals surface area contributed by atoms with E-state index in [1.807, 2.05) is 6.92 Å². The predicted octanol–water partition coefficient (Wildman–Crippen LogP) is 4.15. The predicted molar refractivity (Wildman–Crippen MR) is 95.0 cm³/mol. The highest BCUT2D eigenvalue weighted by Crippen LogP contribution is 2.32. The van der Waals surface area contributed by atoms with Gasteiger partial charge in [-0.2, -0.15) is 0 Å². The molecule has 0 spiro atoms. The Morgan fingerprint density at radius 1 is 1.04 bits per heavy atom. The monoisotopic (exact) mass is 397 g/mol. The van der Waals surface area contributed by atoms with Crippen molar-refractivity contribution in [3.8, 4) is 22.6 Å². The van der Waals surface area contributed by atoms with Gasteiger partial charge in [0.1, 0.15) is 11.5 Å². The van der Waals surface area contributed by atoms with Gasteiger partial charge in [-0.15, -0.1) is 13.2 Å². The second-order valence-corrected chi connectivity index (χ2v) is 5.58. The summed E-state index contributed by atoms with van der Waals surface area (Å²) in [5.41, 5.74) is 1.39. The van der Waals surface area contributed by atoms with E-state index >= 15 is 0 Å². The Labute approximate surface area is 159 Å². The number of ether oxygens (including phenoxy) is 3. The van der Waals surface area contributed by atoms with E-state index in [0.29, 0.717) is 23.5 Å². The van der Waals surface area contributed by atoms with Crippen molar-refractivity contribution in [2.75, 3.05) is 19.0 Å². The molecule has 0 bridgehead atoms. The van der Waals surface area contributed by atoms with Gasteiger partial charge in [-0.25, -0.2) is 4.79 Å². The molecule has 0 unspecified atom stereocenters. The number of rotatable bonds is 6. The summed E-state index contributed by atoms with van der Waals surface area (Å²) in [4.78, 5) is 23.2. The molecule has 0 saturated heterocycles. The molecule has 9 heteroatoms. The fraction of sp³-hybridized carbons (Fsp3) is 0.263. The standard InChI is InChI=1S/C19H18F3NO5/c1-3-10-27-16-9-6-13(11-15(16)23-17(24)18(25)26-2)12-4-7-14(8-5-12)28-19(20,21)22/h4-9,11H,3,10H2,1-2H3,(H,23,24). The molecule has 0 radical (unpaired) electrons. The van der Waals surface area contributed by atoms with Crippen LogP contribution in [0.4, 0.5) is 18.9 Å². The third kappa shape index (κ3) is 5.90. The molecule has 6 nitrogen and oxygen atoms in total. The van der Waals surface area contributed by atoms with Crippen LogP contribution in [0.25, 0.3) is 11.1 Å². The molecule has 0 fully saturated rings. The molecule has 1 N–H and O–H groups in total. The topological polar surface area (TPSA) is 73.9 Å². The van der Waals surface area contributed by atoms with E-state index in [-0.39, 0.29) is 11.4 Å². The lowest BCUT2D eigenvalue weighted by Gasteiger charge is -2.14. The van der Waals surface area contributed by atoms with Crippen LogP contribution in [0.15, 0.2) is 42.5 Å². The number of methoxy groups -OCH3 is 1. The molecule has 0 aliphatic carbocycles. The summed E-state index contributed by atoms with van der Waals surface area (Å²) in [5, 5.41) is 2.41. The van der Waals surface area contributed by atoms with Crippen LogP contribution in [0, 0.1) is 0 Å². The maximum atomic E-state index is 12.3. The minimum atomic E-state index is -4.77. The second kappa shape index (κ2) is 9.12. The summed E-state index contributed by atoms with van der Waals surface area (Å²) in [6.45, 7) is 2.30. The van der Waals surface area contributed by atoms with E-state index in [2.05, 4.69) is 14.8 Å². The summed E-state index contributed by atoms with van der Waals surface area (Å²) in [7, 11) is 1.08. The lowest BCUT2D eigenvalue weighted by Crippen LogP contribution is -2.24. The van der Waals surface area contributed by atoms with Crippen LogP contribution in [0.3, 0.4) is 0 Å². The molecule has 0 saturated carbocycles. The molecule has 0 aliphatic rings. The fourth-order valence-corrected chi connectivity index (χ4v) is 2.26. The van der Waals surface area contributed by atoms with Crippen LogP contribution in [0.1, 0.15) is 13.3 Å². The number of hydrogen-bond acceptors (Lipinski definition) is 5. The first-order valence-electron chi connectivity index (χ1n) is 8.26. The van der Waals surface area contributed by atoms with Crippen molar-refractivity contribution in [3.63, 3.8) is 0 Å². The Hall–Kier alpha value is -3.23. The van der Waals surface area contributed by atoms with Gasteiger partial charge in [0.25, 0.3) is 0 Å². The number of carbonyl (C=O) groups excluding carboxylic acids is 2. The normalized spacial score (nSPS) is 10.9. The van der Waals surface area contributed by atoms with Crippen molar-refractivity contribution in [1.29, 1.82) is 0 Å². The first-order chi connectivity index (χ1) is 13.2. The molecule has 2 aromatic rings. The Morgan fingerprint density at radius 3 is 2.25 bits per heavy atom. The summed E-state index contributed by atoms with van der Waals surface area (Å²) in [6, 6.07) is 10.1. The fourth-order valence-electron chi connectivity index (χ4n) is 2.26. The van der Waals surface area contributed by atoms with Gasteiger partial charge in [0, 0.05) is 0 Å². The van der Waals surface area contributed by atoms with Gasteiger partial charge in [-0.05, 0) is 41.8 Å². The van der Waals surface area contributed by atoms with Gasteiger partial charge in [0.05, 0.1) is 19.4 Å². The van der Waals surface area contributed by atoms with Crippen LogP contribution in [-0.2, 0) is 14.3 Å². The van der Waals surface area contributed by atoms with Crippen LogP contribution < -0.4 is 14.8 Å². The minimum Gasteiger partial charge on any atom is -0.491 e. The number of esters is 1. The molecule has 2 rings (SSSR count). The molecule has 1 amide bonds. The van der Waals surface area contributed by atoms with Crippen molar-refractivity contribution in [1.82, 2.24) is 0 Å². The summed E-state index contributed by atoms with van der Waals surface area (Å²) in [5.74, 6) is -2.05. The van der Waals surface area contributed by atoms with Crippen LogP contribution in [-0.4, -0.2) is 32.0 Å².